The summed E-state index contributed by atoms with van der Waals surface area (Å²) in [7, 11) is 0. The average molecular weight is 131 g/mol. The van der Waals surface area contributed by atoms with E-state index in [9.17, 15) is 9.59 Å². The van der Waals surface area contributed by atoms with Gasteiger partial charge in [0.25, 0.3) is 0 Å². The Labute approximate surface area is 50.6 Å². The van der Waals surface area contributed by atoms with Crippen LogP contribution in [0.15, 0.2) is 5.16 Å². The Morgan fingerprint density at radius 3 is 1.89 bits per heavy atom. The Kier molecular flexibility index (Phi) is 2.37. The van der Waals surface area contributed by atoms with E-state index in [0.717, 1.165) is 6.92 Å². The normalized spacial score (nSPS) is 11.0. The summed E-state index contributed by atoms with van der Waals surface area (Å²) >= 11 is 0. The molecule has 5 nitrogen and oxygen atoms in total. The van der Waals surface area contributed by atoms with Crippen LogP contribution in [0.25, 0.3) is 0 Å². The first-order valence-corrected chi connectivity index (χ1v) is 2.06. The quantitative estimate of drug-likeness (QED) is 0.228. The van der Waals surface area contributed by atoms with Crippen molar-refractivity contribution in [2.45, 2.75) is 6.92 Å². The number of hydrogen-bond donors (Lipinski definition) is 2. The molecule has 0 aliphatic rings. The Morgan fingerprint density at radius 1 is 1.44 bits per heavy atom. The van der Waals surface area contributed by atoms with Crippen LogP contribution in [0.1, 0.15) is 6.92 Å². The van der Waals surface area contributed by atoms with Gasteiger partial charge in [-0.3, -0.25) is 4.79 Å². The summed E-state index contributed by atoms with van der Waals surface area (Å²) < 4.78 is 0. The SMILES string of the molecule is CC(=O)/C(=N/O)C(=O)O. The van der Waals surface area contributed by atoms with E-state index < -0.39 is 17.5 Å². The van der Waals surface area contributed by atoms with Gasteiger partial charge in [0.05, 0.1) is 0 Å². The minimum atomic E-state index is -1.52. The van der Waals surface area contributed by atoms with Crippen LogP contribution in [0.2, 0.25) is 0 Å². The number of carbonyl (C=O) groups is 2. The van der Waals surface area contributed by atoms with Crippen LogP contribution < -0.4 is 0 Å². The molecule has 0 bridgehead atoms. The molecule has 50 valence electrons. The van der Waals surface area contributed by atoms with Gasteiger partial charge in [-0.05, 0) is 0 Å². The molecular formula is C4H5NO4. The van der Waals surface area contributed by atoms with Gasteiger partial charge in [0, 0.05) is 6.92 Å². The molecule has 0 unspecified atom stereocenters. The number of carbonyl (C=O) groups excluding carboxylic acids is 1. The van der Waals surface area contributed by atoms with Crippen molar-refractivity contribution in [1.82, 2.24) is 0 Å². The third kappa shape index (κ3) is 1.89. The molecule has 0 aliphatic carbocycles. The summed E-state index contributed by atoms with van der Waals surface area (Å²) in [4.78, 5) is 20.0. The van der Waals surface area contributed by atoms with Crippen molar-refractivity contribution in [2.24, 2.45) is 5.16 Å². The van der Waals surface area contributed by atoms with Gasteiger partial charge in [0.2, 0.25) is 5.71 Å². The summed E-state index contributed by atoms with van der Waals surface area (Å²) in [6.45, 7) is 1.00. The molecule has 0 aromatic heterocycles. The average Bonchev–Trinajstić information content (AvgIpc) is 1.64. The maximum absolute atomic E-state index is 10.1. The fourth-order valence-corrected chi connectivity index (χ4v) is 0.264. The fraction of sp³-hybridized carbons (Fsp3) is 0.250. The molecular weight excluding hydrogens is 126 g/mol. The molecule has 9 heavy (non-hydrogen) atoms. The van der Waals surface area contributed by atoms with Crippen molar-refractivity contribution in [2.75, 3.05) is 0 Å². The molecule has 0 aliphatic heterocycles. The third-order valence-electron chi connectivity index (χ3n) is 0.636. The molecule has 0 heterocycles. The van der Waals surface area contributed by atoms with Crippen LogP contribution in [0.3, 0.4) is 0 Å². The number of carboxylic acid groups (broad SMARTS) is 1. The number of ketones is 1. The second-order valence-corrected chi connectivity index (χ2v) is 1.31. The zero-order valence-corrected chi connectivity index (χ0v) is 4.66. The highest BCUT2D eigenvalue weighted by Crippen LogP contribution is 1.78. The second-order valence-electron chi connectivity index (χ2n) is 1.31. The molecule has 0 rings (SSSR count). The third-order valence-corrected chi connectivity index (χ3v) is 0.636. The van der Waals surface area contributed by atoms with Gasteiger partial charge >= 0.3 is 5.97 Å². The molecule has 0 amide bonds. The van der Waals surface area contributed by atoms with Gasteiger partial charge in [-0.2, -0.15) is 0 Å². The van der Waals surface area contributed by atoms with E-state index >= 15 is 0 Å². The van der Waals surface area contributed by atoms with Crippen molar-refractivity contribution in [3.63, 3.8) is 0 Å². The maximum Gasteiger partial charge on any atom is 0.361 e. The number of hydrogen-bond acceptors (Lipinski definition) is 4. The van der Waals surface area contributed by atoms with Crippen LogP contribution in [0.4, 0.5) is 0 Å². The second kappa shape index (κ2) is 2.81. The highest BCUT2D eigenvalue weighted by atomic mass is 16.4. The van der Waals surface area contributed by atoms with Gasteiger partial charge < -0.3 is 10.3 Å². The van der Waals surface area contributed by atoms with Crippen molar-refractivity contribution in [1.29, 1.82) is 0 Å². The molecule has 0 saturated carbocycles. The monoisotopic (exact) mass is 131 g/mol. The zero-order valence-electron chi connectivity index (χ0n) is 4.66. The van der Waals surface area contributed by atoms with Gasteiger partial charge in [0.1, 0.15) is 0 Å². The topological polar surface area (TPSA) is 87.0 Å². The summed E-state index contributed by atoms with van der Waals surface area (Å²) in [6, 6.07) is 0. The van der Waals surface area contributed by atoms with Gasteiger partial charge in [0.15, 0.2) is 5.78 Å². The smallest absolute Gasteiger partial charge is 0.361 e. The van der Waals surface area contributed by atoms with Crippen LogP contribution in [0.5, 0.6) is 0 Å². The minimum absolute atomic E-state index is 0.773. The highest BCUT2D eigenvalue weighted by Gasteiger charge is 2.14. The Balaban J connectivity index is 4.38. The summed E-state index contributed by atoms with van der Waals surface area (Å²) in [5.41, 5.74) is -0.852. The van der Waals surface area contributed by atoms with Gasteiger partial charge in [-0.25, -0.2) is 4.79 Å². The largest absolute Gasteiger partial charge is 0.476 e. The van der Waals surface area contributed by atoms with E-state index in [4.69, 9.17) is 10.3 Å². The molecule has 5 heteroatoms. The number of nitrogens with zero attached hydrogens (tertiary/aromatic N) is 1. The molecule has 2 N–H and O–H groups in total. The predicted molar refractivity (Wildman–Crippen MR) is 27.5 cm³/mol. The molecule has 0 radical (unpaired) electrons. The summed E-state index contributed by atoms with van der Waals surface area (Å²) in [6.07, 6.45) is 0. The van der Waals surface area contributed by atoms with Crippen molar-refractivity contribution in [3.8, 4) is 0 Å². The Bertz CT molecular complexity index is 155. The van der Waals surface area contributed by atoms with E-state index in [0.29, 0.717) is 0 Å². The van der Waals surface area contributed by atoms with Gasteiger partial charge in [-0.15, -0.1) is 0 Å². The molecule has 0 aromatic carbocycles. The minimum Gasteiger partial charge on any atom is -0.476 e. The lowest BCUT2D eigenvalue weighted by Gasteiger charge is -1.87. The first kappa shape index (κ1) is 7.61. The molecule has 0 atom stereocenters. The number of Topliss-reactive ketones (excluding diaryl/α,β-unsaturated/α-hetero) is 1. The zero-order chi connectivity index (χ0) is 7.44. The Hall–Kier alpha value is -1.39. The van der Waals surface area contributed by atoms with Crippen molar-refractivity contribution < 1.29 is 19.9 Å². The van der Waals surface area contributed by atoms with Gasteiger partial charge in [-0.1, -0.05) is 5.16 Å². The lowest BCUT2D eigenvalue weighted by atomic mass is 10.3. The number of carboxylic acids is 1. The van der Waals surface area contributed by atoms with Crippen LogP contribution in [-0.2, 0) is 9.59 Å². The lowest BCUT2D eigenvalue weighted by Crippen LogP contribution is -2.20. The summed E-state index contributed by atoms with van der Waals surface area (Å²) in [5.74, 6) is -2.30. The predicted octanol–water partition coefficient (Wildman–Crippen LogP) is -0.510. The first-order chi connectivity index (χ1) is 4.09. The molecule has 0 spiro atoms. The number of oxime groups is 1. The summed E-state index contributed by atoms with van der Waals surface area (Å²) in [5, 5.41) is 18.1. The van der Waals surface area contributed by atoms with E-state index in [-0.39, 0.29) is 0 Å². The maximum atomic E-state index is 10.1. The Morgan fingerprint density at radius 2 is 1.89 bits per heavy atom. The number of rotatable bonds is 2. The van der Waals surface area contributed by atoms with Crippen LogP contribution >= 0.6 is 0 Å². The standard InChI is InChI=1S/C4H5NO4/c1-2(6)3(5-9)4(7)8/h9H,1H3,(H,7,8)/b5-3-. The first-order valence-electron chi connectivity index (χ1n) is 2.06. The number of aliphatic carboxylic acids is 1. The molecule has 0 aromatic rings. The lowest BCUT2D eigenvalue weighted by molar-refractivity contribution is -0.130. The molecule has 0 fully saturated rings. The highest BCUT2D eigenvalue weighted by molar-refractivity contribution is 6.63. The van der Waals surface area contributed by atoms with Crippen LogP contribution in [0, 0.1) is 0 Å². The van der Waals surface area contributed by atoms with Crippen LogP contribution in [-0.4, -0.2) is 27.8 Å². The van der Waals surface area contributed by atoms with E-state index in [1.54, 1.807) is 0 Å². The van der Waals surface area contributed by atoms with E-state index in [2.05, 4.69) is 5.16 Å². The fourth-order valence-electron chi connectivity index (χ4n) is 0.264. The van der Waals surface area contributed by atoms with E-state index in [1.807, 2.05) is 0 Å². The van der Waals surface area contributed by atoms with E-state index in [1.165, 1.54) is 0 Å². The molecule has 0 saturated heterocycles. The van der Waals surface area contributed by atoms with Crippen molar-refractivity contribution in [3.05, 3.63) is 0 Å². The van der Waals surface area contributed by atoms with Crippen molar-refractivity contribution >= 4 is 17.5 Å².